The van der Waals surface area contributed by atoms with Crippen LogP contribution in [0.15, 0.2) is 22.7 Å². The summed E-state index contributed by atoms with van der Waals surface area (Å²) < 4.78 is 0.379. The highest BCUT2D eigenvalue weighted by atomic mass is 79.9. The SMILES string of the molecule is CC1CN(C(=O)c2ccc(Br)c([N+](=O)[O-])c2)CC(C)N1C. The van der Waals surface area contributed by atoms with Gasteiger partial charge < -0.3 is 4.90 Å². The Labute approximate surface area is 132 Å². The minimum atomic E-state index is -0.490. The van der Waals surface area contributed by atoms with Gasteiger partial charge in [0.05, 0.1) is 9.40 Å². The normalized spacial score (nSPS) is 23.1. The van der Waals surface area contributed by atoms with Gasteiger partial charge in [-0.2, -0.15) is 0 Å². The first kappa shape index (κ1) is 15.9. The van der Waals surface area contributed by atoms with Gasteiger partial charge in [0, 0.05) is 36.8 Å². The summed E-state index contributed by atoms with van der Waals surface area (Å²) in [5.41, 5.74) is 0.268. The fourth-order valence-electron chi connectivity index (χ4n) is 2.54. The first-order valence-electron chi connectivity index (χ1n) is 6.76. The van der Waals surface area contributed by atoms with Gasteiger partial charge in [0.1, 0.15) is 0 Å². The van der Waals surface area contributed by atoms with Gasteiger partial charge in [-0.1, -0.05) is 0 Å². The molecular formula is C14H18BrN3O3. The summed E-state index contributed by atoms with van der Waals surface area (Å²) in [6, 6.07) is 5.04. The average molecular weight is 356 g/mol. The monoisotopic (exact) mass is 355 g/mol. The third-order valence-electron chi connectivity index (χ3n) is 4.04. The summed E-state index contributed by atoms with van der Waals surface area (Å²) in [7, 11) is 2.04. The van der Waals surface area contributed by atoms with Gasteiger partial charge in [-0.25, -0.2) is 0 Å². The first-order valence-corrected chi connectivity index (χ1v) is 7.55. The Morgan fingerprint density at radius 1 is 1.33 bits per heavy atom. The molecule has 2 unspecified atom stereocenters. The molecule has 1 fully saturated rings. The number of hydrogen-bond donors (Lipinski definition) is 0. The Bertz CT molecular complexity index is 567. The summed E-state index contributed by atoms with van der Waals surface area (Å²) in [5.74, 6) is -0.155. The van der Waals surface area contributed by atoms with Crippen molar-refractivity contribution in [3.63, 3.8) is 0 Å². The summed E-state index contributed by atoms with van der Waals surface area (Å²) in [6.07, 6.45) is 0. The number of nitro benzene ring substituents is 1. The van der Waals surface area contributed by atoms with Crippen molar-refractivity contribution in [2.75, 3.05) is 20.1 Å². The fourth-order valence-corrected chi connectivity index (χ4v) is 2.93. The maximum absolute atomic E-state index is 12.6. The van der Waals surface area contributed by atoms with E-state index in [1.165, 1.54) is 6.07 Å². The van der Waals surface area contributed by atoms with Crippen molar-refractivity contribution in [2.45, 2.75) is 25.9 Å². The standard InChI is InChI=1S/C14H18BrN3O3/c1-9-7-17(8-10(2)16(9)3)14(19)11-4-5-12(15)13(6-11)18(20)21/h4-6,9-10H,7-8H2,1-3H3. The molecule has 7 heteroatoms. The molecule has 1 saturated heterocycles. The van der Waals surface area contributed by atoms with E-state index in [1.807, 2.05) is 7.05 Å². The molecule has 1 aliphatic rings. The molecule has 1 aromatic carbocycles. The van der Waals surface area contributed by atoms with Crippen LogP contribution in [-0.2, 0) is 0 Å². The van der Waals surface area contributed by atoms with Crippen LogP contribution in [0.5, 0.6) is 0 Å². The lowest BCUT2D eigenvalue weighted by atomic mass is 10.1. The second kappa shape index (κ2) is 6.11. The lowest BCUT2D eigenvalue weighted by Gasteiger charge is -2.42. The fraction of sp³-hybridized carbons (Fsp3) is 0.500. The van der Waals surface area contributed by atoms with E-state index in [1.54, 1.807) is 17.0 Å². The number of benzene rings is 1. The number of carbonyl (C=O) groups is 1. The smallest absolute Gasteiger partial charge is 0.284 e. The van der Waals surface area contributed by atoms with E-state index in [9.17, 15) is 14.9 Å². The Kier molecular flexibility index (Phi) is 4.63. The van der Waals surface area contributed by atoms with E-state index in [4.69, 9.17) is 0 Å². The third-order valence-corrected chi connectivity index (χ3v) is 4.71. The highest BCUT2D eigenvalue weighted by Crippen LogP contribution is 2.26. The van der Waals surface area contributed by atoms with Gasteiger partial charge in [0.15, 0.2) is 0 Å². The van der Waals surface area contributed by atoms with Crippen molar-refractivity contribution in [2.24, 2.45) is 0 Å². The van der Waals surface area contributed by atoms with Crippen LogP contribution >= 0.6 is 15.9 Å². The van der Waals surface area contributed by atoms with Gasteiger partial charge in [-0.15, -0.1) is 0 Å². The zero-order chi connectivity index (χ0) is 15.7. The molecule has 0 bridgehead atoms. The number of piperazine rings is 1. The highest BCUT2D eigenvalue weighted by Gasteiger charge is 2.30. The third kappa shape index (κ3) is 3.24. The molecule has 0 saturated carbocycles. The zero-order valence-electron chi connectivity index (χ0n) is 12.2. The van der Waals surface area contributed by atoms with Gasteiger partial charge in [0.25, 0.3) is 11.6 Å². The molecule has 1 aliphatic heterocycles. The average Bonchev–Trinajstić information content (AvgIpc) is 2.43. The molecule has 0 aliphatic carbocycles. The number of hydrogen-bond acceptors (Lipinski definition) is 4. The minimum Gasteiger partial charge on any atom is -0.336 e. The van der Waals surface area contributed by atoms with E-state index >= 15 is 0 Å². The minimum absolute atomic E-state index is 0.0870. The summed E-state index contributed by atoms with van der Waals surface area (Å²) >= 11 is 3.13. The second-order valence-corrected chi connectivity index (χ2v) is 6.35. The Hall–Kier alpha value is -1.47. The summed E-state index contributed by atoms with van der Waals surface area (Å²) in [4.78, 5) is 27.0. The molecule has 2 atom stereocenters. The van der Waals surface area contributed by atoms with Crippen molar-refractivity contribution >= 4 is 27.5 Å². The lowest BCUT2D eigenvalue weighted by molar-refractivity contribution is -0.385. The van der Waals surface area contributed by atoms with Crippen molar-refractivity contribution in [3.05, 3.63) is 38.3 Å². The van der Waals surface area contributed by atoms with Crippen LogP contribution < -0.4 is 0 Å². The Balaban J connectivity index is 2.24. The molecule has 2 rings (SSSR count). The number of rotatable bonds is 2. The van der Waals surface area contributed by atoms with Crippen LogP contribution in [0.4, 0.5) is 5.69 Å². The highest BCUT2D eigenvalue weighted by molar-refractivity contribution is 9.10. The molecule has 0 aromatic heterocycles. The second-order valence-electron chi connectivity index (χ2n) is 5.50. The first-order chi connectivity index (χ1) is 9.81. The molecule has 0 N–H and O–H groups in total. The number of halogens is 1. The number of likely N-dealkylation sites (N-methyl/N-ethyl adjacent to an activating group) is 1. The zero-order valence-corrected chi connectivity index (χ0v) is 13.8. The Morgan fingerprint density at radius 2 is 1.90 bits per heavy atom. The predicted molar refractivity (Wildman–Crippen MR) is 83.4 cm³/mol. The number of nitro groups is 1. The molecule has 21 heavy (non-hydrogen) atoms. The summed E-state index contributed by atoms with van der Waals surface area (Å²) in [5, 5.41) is 11.0. The predicted octanol–water partition coefficient (Wildman–Crippen LogP) is 2.52. The molecule has 0 radical (unpaired) electrons. The maximum Gasteiger partial charge on any atom is 0.284 e. The van der Waals surface area contributed by atoms with Crippen LogP contribution in [-0.4, -0.2) is 52.9 Å². The lowest BCUT2D eigenvalue weighted by Crippen LogP contribution is -2.56. The molecular weight excluding hydrogens is 338 g/mol. The van der Waals surface area contributed by atoms with Gasteiger partial charge >= 0.3 is 0 Å². The van der Waals surface area contributed by atoms with Crippen molar-refractivity contribution in [3.8, 4) is 0 Å². The van der Waals surface area contributed by atoms with Crippen LogP contribution in [0.1, 0.15) is 24.2 Å². The largest absolute Gasteiger partial charge is 0.336 e. The van der Waals surface area contributed by atoms with Crippen LogP contribution in [0, 0.1) is 10.1 Å². The van der Waals surface area contributed by atoms with Crippen molar-refractivity contribution in [1.82, 2.24) is 9.80 Å². The Morgan fingerprint density at radius 3 is 2.43 bits per heavy atom. The molecule has 1 heterocycles. The van der Waals surface area contributed by atoms with E-state index in [0.29, 0.717) is 23.1 Å². The van der Waals surface area contributed by atoms with Crippen LogP contribution in [0.25, 0.3) is 0 Å². The number of nitrogens with zero attached hydrogens (tertiary/aromatic N) is 3. The van der Waals surface area contributed by atoms with E-state index in [-0.39, 0.29) is 23.7 Å². The number of carbonyl (C=O) groups excluding carboxylic acids is 1. The topological polar surface area (TPSA) is 66.7 Å². The molecule has 1 amide bonds. The van der Waals surface area contributed by atoms with Crippen LogP contribution in [0.3, 0.4) is 0 Å². The quantitative estimate of drug-likeness (QED) is 0.603. The van der Waals surface area contributed by atoms with Crippen molar-refractivity contribution in [1.29, 1.82) is 0 Å². The molecule has 0 spiro atoms. The van der Waals surface area contributed by atoms with Gasteiger partial charge in [-0.05, 0) is 49.0 Å². The molecule has 1 aromatic rings. The molecule has 6 nitrogen and oxygen atoms in total. The van der Waals surface area contributed by atoms with E-state index in [2.05, 4.69) is 34.7 Å². The van der Waals surface area contributed by atoms with Gasteiger partial charge in [0.2, 0.25) is 0 Å². The van der Waals surface area contributed by atoms with Gasteiger partial charge in [-0.3, -0.25) is 19.8 Å². The maximum atomic E-state index is 12.6. The van der Waals surface area contributed by atoms with Crippen LogP contribution in [0.2, 0.25) is 0 Å². The molecule has 114 valence electrons. The summed E-state index contributed by atoms with van der Waals surface area (Å²) in [6.45, 7) is 5.40. The van der Waals surface area contributed by atoms with Crippen molar-refractivity contribution < 1.29 is 9.72 Å². The number of amides is 1. The van der Waals surface area contributed by atoms with E-state index in [0.717, 1.165) is 0 Å². The van der Waals surface area contributed by atoms with E-state index < -0.39 is 4.92 Å².